The summed E-state index contributed by atoms with van der Waals surface area (Å²) in [5.41, 5.74) is 1.02. The lowest BCUT2D eigenvalue weighted by atomic mass is 10.0. The van der Waals surface area contributed by atoms with E-state index in [0.29, 0.717) is 17.4 Å². The molecule has 1 atom stereocenters. The second kappa shape index (κ2) is 7.02. The van der Waals surface area contributed by atoms with Gasteiger partial charge in [0.2, 0.25) is 0 Å². The lowest BCUT2D eigenvalue weighted by Gasteiger charge is -2.34. The van der Waals surface area contributed by atoms with Crippen molar-refractivity contribution in [3.8, 4) is 0 Å². The molecule has 1 aromatic heterocycles. The molecule has 0 aliphatic carbocycles. The zero-order valence-corrected chi connectivity index (χ0v) is 13.8. The van der Waals surface area contributed by atoms with Crippen molar-refractivity contribution in [2.24, 2.45) is 0 Å². The molecule has 1 aliphatic rings. The molecule has 0 spiro atoms. The SMILES string of the molecule is COCCCC1CCCCN1S(=O)(=O)c1cc(C)cs1. The van der Waals surface area contributed by atoms with Gasteiger partial charge in [-0.05, 0) is 49.6 Å². The van der Waals surface area contributed by atoms with Gasteiger partial charge in [0.15, 0.2) is 0 Å². The Labute approximate surface area is 125 Å². The maximum Gasteiger partial charge on any atom is 0.252 e. The van der Waals surface area contributed by atoms with Crippen molar-refractivity contribution in [2.75, 3.05) is 20.3 Å². The molecule has 2 rings (SSSR count). The topological polar surface area (TPSA) is 46.6 Å². The summed E-state index contributed by atoms with van der Waals surface area (Å²) in [4.78, 5) is 0. The molecule has 0 saturated carbocycles. The smallest absolute Gasteiger partial charge is 0.252 e. The van der Waals surface area contributed by atoms with Gasteiger partial charge in [-0.1, -0.05) is 6.42 Å². The molecule has 1 fully saturated rings. The fraction of sp³-hybridized carbons (Fsp3) is 0.714. The fourth-order valence-corrected chi connectivity index (χ4v) is 5.78. The lowest BCUT2D eigenvalue weighted by Crippen LogP contribution is -2.43. The number of rotatable bonds is 6. The van der Waals surface area contributed by atoms with E-state index < -0.39 is 10.0 Å². The van der Waals surface area contributed by atoms with E-state index in [2.05, 4.69) is 0 Å². The van der Waals surface area contributed by atoms with Crippen molar-refractivity contribution >= 4 is 21.4 Å². The van der Waals surface area contributed by atoms with Gasteiger partial charge in [0.25, 0.3) is 10.0 Å². The van der Waals surface area contributed by atoms with E-state index in [9.17, 15) is 8.42 Å². The third kappa shape index (κ3) is 3.61. The molecular formula is C14H23NO3S2. The Hall–Kier alpha value is -0.430. The molecule has 0 N–H and O–H groups in total. The van der Waals surface area contributed by atoms with E-state index in [1.807, 2.05) is 12.3 Å². The van der Waals surface area contributed by atoms with Crippen molar-refractivity contribution in [1.29, 1.82) is 0 Å². The van der Waals surface area contributed by atoms with Crippen LogP contribution in [0.2, 0.25) is 0 Å². The number of sulfonamides is 1. The van der Waals surface area contributed by atoms with Crippen LogP contribution in [-0.4, -0.2) is 39.0 Å². The zero-order chi connectivity index (χ0) is 14.6. The van der Waals surface area contributed by atoms with E-state index in [4.69, 9.17) is 4.74 Å². The summed E-state index contributed by atoms with van der Waals surface area (Å²) in [5.74, 6) is 0. The summed E-state index contributed by atoms with van der Waals surface area (Å²) < 4.78 is 32.8. The van der Waals surface area contributed by atoms with Gasteiger partial charge in [0.05, 0.1) is 0 Å². The van der Waals surface area contributed by atoms with Gasteiger partial charge in [-0.15, -0.1) is 11.3 Å². The Kier molecular flexibility index (Phi) is 5.60. The van der Waals surface area contributed by atoms with Crippen molar-refractivity contribution < 1.29 is 13.2 Å². The predicted octanol–water partition coefficient (Wildman–Crippen LogP) is 3.03. The number of piperidine rings is 1. The van der Waals surface area contributed by atoms with Crippen LogP contribution in [0.5, 0.6) is 0 Å². The maximum absolute atomic E-state index is 12.7. The van der Waals surface area contributed by atoms with Crippen LogP contribution in [-0.2, 0) is 14.8 Å². The average molecular weight is 317 g/mol. The van der Waals surface area contributed by atoms with E-state index in [1.165, 1.54) is 11.3 Å². The molecule has 1 unspecified atom stereocenters. The minimum Gasteiger partial charge on any atom is -0.385 e. The molecule has 1 saturated heterocycles. The molecule has 1 aliphatic heterocycles. The fourth-order valence-electron chi connectivity index (χ4n) is 2.70. The van der Waals surface area contributed by atoms with Gasteiger partial charge in [0, 0.05) is 26.3 Å². The number of nitrogens with zero attached hydrogens (tertiary/aromatic N) is 1. The molecule has 0 bridgehead atoms. The van der Waals surface area contributed by atoms with Crippen LogP contribution in [0.25, 0.3) is 0 Å². The number of hydrogen-bond donors (Lipinski definition) is 0. The van der Waals surface area contributed by atoms with Gasteiger partial charge in [-0.25, -0.2) is 8.42 Å². The van der Waals surface area contributed by atoms with Gasteiger partial charge in [-0.2, -0.15) is 4.31 Å². The Morgan fingerprint density at radius 2 is 2.25 bits per heavy atom. The van der Waals surface area contributed by atoms with Crippen LogP contribution < -0.4 is 0 Å². The zero-order valence-electron chi connectivity index (χ0n) is 12.2. The minimum absolute atomic E-state index is 0.131. The summed E-state index contributed by atoms with van der Waals surface area (Å²) in [6.07, 6.45) is 4.85. The number of hydrogen-bond acceptors (Lipinski definition) is 4. The Bertz CT molecular complexity index is 524. The second-order valence-corrected chi connectivity index (χ2v) is 8.37. The first-order chi connectivity index (χ1) is 9.55. The van der Waals surface area contributed by atoms with Gasteiger partial charge < -0.3 is 4.74 Å². The van der Waals surface area contributed by atoms with Gasteiger partial charge >= 0.3 is 0 Å². The first-order valence-corrected chi connectivity index (χ1v) is 9.43. The molecule has 2 heterocycles. The summed E-state index contributed by atoms with van der Waals surface area (Å²) in [6.45, 7) is 3.28. The van der Waals surface area contributed by atoms with Crippen molar-refractivity contribution in [1.82, 2.24) is 4.31 Å². The van der Waals surface area contributed by atoms with Crippen LogP contribution in [0.4, 0.5) is 0 Å². The van der Waals surface area contributed by atoms with Gasteiger partial charge in [-0.3, -0.25) is 0 Å². The Balaban J connectivity index is 2.14. The predicted molar refractivity (Wildman–Crippen MR) is 81.7 cm³/mol. The van der Waals surface area contributed by atoms with E-state index >= 15 is 0 Å². The highest BCUT2D eigenvalue weighted by atomic mass is 32.2. The number of ether oxygens (including phenoxy) is 1. The molecular weight excluding hydrogens is 294 g/mol. The third-order valence-corrected chi connectivity index (χ3v) is 7.21. The first kappa shape index (κ1) is 15.9. The highest BCUT2D eigenvalue weighted by Gasteiger charge is 2.33. The standard InChI is InChI=1S/C14H23NO3S2/c1-12-10-14(19-11-12)20(16,17)15-8-4-3-6-13(15)7-5-9-18-2/h10-11,13H,3-9H2,1-2H3. The first-order valence-electron chi connectivity index (χ1n) is 7.11. The summed E-state index contributed by atoms with van der Waals surface area (Å²) in [6, 6.07) is 1.91. The van der Waals surface area contributed by atoms with E-state index in [-0.39, 0.29) is 6.04 Å². The van der Waals surface area contributed by atoms with Crippen molar-refractivity contribution in [3.63, 3.8) is 0 Å². The van der Waals surface area contributed by atoms with Crippen molar-refractivity contribution in [2.45, 2.75) is 49.3 Å². The summed E-state index contributed by atoms with van der Waals surface area (Å²) in [5, 5.41) is 1.90. The monoisotopic (exact) mass is 317 g/mol. The van der Waals surface area contributed by atoms with Crippen molar-refractivity contribution in [3.05, 3.63) is 17.0 Å². The van der Waals surface area contributed by atoms with Crippen LogP contribution in [0, 0.1) is 6.92 Å². The summed E-state index contributed by atoms with van der Waals surface area (Å²) >= 11 is 1.33. The van der Waals surface area contributed by atoms with Crippen LogP contribution >= 0.6 is 11.3 Å². The highest BCUT2D eigenvalue weighted by molar-refractivity contribution is 7.91. The molecule has 0 radical (unpaired) electrons. The van der Waals surface area contributed by atoms with Gasteiger partial charge in [0.1, 0.15) is 4.21 Å². The normalized spacial score (nSPS) is 21.2. The molecule has 4 nitrogen and oxygen atoms in total. The van der Waals surface area contributed by atoms with Crippen LogP contribution in [0.15, 0.2) is 15.7 Å². The number of methoxy groups -OCH3 is 1. The quantitative estimate of drug-likeness (QED) is 0.758. The second-order valence-electron chi connectivity index (χ2n) is 5.34. The molecule has 1 aromatic rings. The number of thiophene rings is 1. The average Bonchev–Trinajstić information content (AvgIpc) is 2.87. The summed E-state index contributed by atoms with van der Waals surface area (Å²) in [7, 11) is -1.63. The Morgan fingerprint density at radius 1 is 1.45 bits per heavy atom. The highest BCUT2D eigenvalue weighted by Crippen LogP contribution is 2.30. The number of aryl methyl sites for hydroxylation is 1. The van der Waals surface area contributed by atoms with Crippen LogP contribution in [0.3, 0.4) is 0 Å². The minimum atomic E-state index is -3.32. The third-order valence-electron chi connectivity index (χ3n) is 3.73. The molecule has 0 amide bonds. The van der Waals surface area contributed by atoms with E-state index in [0.717, 1.165) is 37.7 Å². The molecule has 20 heavy (non-hydrogen) atoms. The molecule has 114 valence electrons. The van der Waals surface area contributed by atoms with E-state index in [1.54, 1.807) is 17.5 Å². The van der Waals surface area contributed by atoms with Crippen LogP contribution in [0.1, 0.15) is 37.7 Å². The molecule has 0 aromatic carbocycles. The Morgan fingerprint density at radius 3 is 2.90 bits per heavy atom. The largest absolute Gasteiger partial charge is 0.385 e. The lowest BCUT2D eigenvalue weighted by molar-refractivity contribution is 0.172. The molecule has 6 heteroatoms. The maximum atomic E-state index is 12.7.